The molecule has 182 valence electrons. The number of para-hydroxylation sites is 2. The van der Waals surface area contributed by atoms with Crippen molar-refractivity contribution in [3.05, 3.63) is 95.7 Å². The van der Waals surface area contributed by atoms with Crippen LogP contribution in [0.25, 0.3) is 6.08 Å². The molecule has 0 fully saturated rings. The van der Waals surface area contributed by atoms with Gasteiger partial charge in [0.1, 0.15) is 18.1 Å². The molecular formula is C29H31NO5. The summed E-state index contributed by atoms with van der Waals surface area (Å²) >= 11 is 0. The van der Waals surface area contributed by atoms with Gasteiger partial charge in [0.2, 0.25) is 5.76 Å². The van der Waals surface area contributed by atoms with Crippen LogP contribution in [0.2, 0.25) is 0 Å². The molecule has 0 bridgehead atoms. The Morgan fingerprint density at radius 3 is 2.40 bits per heavy atom. The average Bonchev–Trinajstić information content (AvgIpc) is 2.89. The highest BCUT2D eigenvalue weighted by Gasteiger charge is 2.26. The lowest BCUT2D eigenvalue weighted by molar-refractivity contribution is -0.142. The van der Waals surface area contributed by atoms with Crippen molar-refractivity contribution in [3.8, 4) is 11.5 Å². The van der Waals surface area contributed by atoms with Crippen LogP contribution in [0.1, 0.15) is 25.0 Å². The SMILES string of the molecule is CCOC(=O)C(=Cc1ccc(OCC2CN(Cc3ccccc3)c3ccccc3O2)cc1)OCC. The molecule has 3 aromatic carbocycles. The van der Waals surface area contributed by atoms with Gasteiger partial charge in [-0.2, -0.15) is 0 Å². The zero-order valence-corrected chi connectivity index (χ0v) is 20.2. The van der Waals surface area contributed by atoms with Gasteiger partial charge in [0, 0.05) is 6.54 Å². The molecule has 1 atom stereocenters. The smallest absolute Gasteiger partial charge is 0.373 e. The fourth-order valence-electron chi connectivity index (χ4n) is 3.94. The summed E-state index contributed by atoms with van der Waals surface area (Å²) in [7, 11) is 0. The van der Waals surface area contributed by atoms with Crippen molar-refractivity contribution in [2.45, 2.75) is 26.5 Å². The third kappa shape index (κ3) is 6.57. The maximum absolute atomic E-state index is 12.1. The minimum atomic E-state index is -0.468. The van der Waals surface area contributed by atoms with Crippen LogP contribution in [-0.4, -0.2) is 38.4 Å². The predicted octanol–water partition coefficient (Wildman–Crippen LogP) is 5.47. The van der Waals surface area contributed by atoms with Gasteiger partial charge in [0.05, 0.1) is 25.4 Å². The summed E-state index contributed by atoms with van der Waals surface area (Å²) in [5, 5.41) is 0. The predicted molar refractivity (Wildman–Crippen MR) is 137 cm³/mol. The Bertz CT molecular complexity index is 1130. The minimum absolute atomic E-state index is 0.110. The van der Waals surface area contributed by atoms with E-state index in [4.69, 9.17) is 18.9 Å². The Morgan fingerprint density at radius 1 is 0.943 bits per heavy atom. The number of esters is 1. The molecule has 0 radical (unpaired) electrons. The van der Waals surface area contributed by atoms with E-state index in [1.54, 1.807) is 13.0 Å². The van der Waals surface area contributed by atoms with Gasteiger partial charge in [-0.15, -0.1) is 0 Å². The first kappa shape index (κ1) is 24.2. The first-order valence-corrected chi connectivity index (χ1v) is 11.9. The summed E-state index contributed by atoms with van der Waals surface area (Å²) in [5.74, 6) is 1.32. The quantitative estimate of drug-likeness (QED) is 0.221. The highest BCUT2D eigenvalue weighted by Crippen LogP contribution is 2.34. The van der Waals surface area contributed by atoms with Crippen LogP contribution in [0.15, 0.2) is 84.6 Å². The molecule has 0 saturated heterocycles. The second-order valence-electron chi connectivity index (χ2n) is 8.12. The van der Waals surface area contributed by atoms with Gasteiger partial charge in [-0.05, 0) is 55.3 Å². The molecule has 3 aromatic rings. The zero-order valence-electron chi connectivity index (χ0n) is 20.2. The van der Waals surface area contributed by atoms with E-state index in [2.05, 4.69) is 35.2 Å². The van der Waals surface area contributed by atoms with Crippen molar-refractivity contribution in [2.24, 2.45) is 0 Å². The first-order chi connectivity index (χ1) is 17.2. The fraction of sp³-hybridized carbons (Fsp3) is 0.276. The van der Waals surface area contributed by atoms with Crippen LogP contribution in [0.4, 0.5) is 5.69 Å². The first-order valence-electron chi connectivity index (χ1n) is 11.9. The summed E-state index contributed by atoms with van der Waals surface area (Å²) in [6.07, 6.45) is 1.56. The summed E-state index contributed by atoms with van der Waals surface area (Å²) in [4.78, 5) is 14.4. The molecule has 4 rings (SSSR count). The Labute approximate surface area is 206 Å². The molecule has 0 aliphatic carbocycles. The van der Waals surface area contributed by atoms with Gasteiger partial charge in [-0.1, -0.05) is 54.6 Å². The molecule has 1 aliphatic heterocycles. The molecule has 6 heteroatoms. The summed E-state index contributed by atoms with van der Waals surface area (Å²) in [6, 6.07) is 26.1. The molecule has 35 heavy (non-hydrogen) atoms. The Balaban J connectivity index is 1.40. The summed E-state index contributed by atoms with van der Waals surface area (Å²) in [6.45, 7) is 6.23. The third-order valence-electron chi connectivity index (χ3n) is 5.53. The normalized spacial score (nSPS) is 15.1. The number of anilines is 1. The van der Waals surface area contributed by atoms with E-state index >= 15 is 0 Å². The summed E-state index contributed by atoms with van der Waals surface area (Å²) in [5.41, 5.74) is 3.17. The second kappa shape index (κ2) is 12.0. The standard InChI is InChI=1S/C29H31NO5/c1-3-32-28(29(31)33-4-2)18-22-14-16-24(17-15-22)34-21-25-20-30(19-23-10-6-5-7-11-23)26-12-8-9-13-27(26)35-25/h5-18,25H,3-4,19-21H2,1-2H3. The molecule has 0 spiro atoms. The highest BCUT2D eigenvalue weighted by molar-refractivity contribution is 5.91. The number of ether oxygens (including phenoxy) is 4. The minimum Gasteiger partial charge on any atom is -0.490 e. The topological polar surface area (TPSA) is 57.2 Å². The maximum Gasteiger partial charge on any atom is 0.373 e. The zero-order chi connectivity index (χ0) is 24.5. The van der Waals surface area contributed by atoms with E-state index in [0.29, 0.717) is 19.8 Å². The largest absolute Gasteiger partial charge is 0.490 e. The number of rotatable bonds is 10. The maximum atomic E-state index is 12.1. The van der Waals surface area contributed by atoms with E-state index in [0.717, 1.165) is 35.8 Å². The Kier molecular flexibility index (Phi) is 8.28. The number of benzene rings is 3. The van der Waals surface area contributed by atoms with Crippen molar-refractivity contribution in [1.29, 1.82) is 0 Å². The molecule has 0 saturated carbocycles. The molecule has 0 amide bonds. The molecule has 1 unspecified atom stereocenters. The van der Waals surface area contributed by atoms with Crippen LogP contribution in [0, 0.1) is 0 Å². The number of carbonyl (C=O) groups is 1. The molecule has 0 aromatic heterocycles. The van der Waals surface area contributed by atoms with Gasteiger partial charge < -0.3 is 23.8 Å². The number of hydrogen-bond acceptors (Lipinski definition) is 6. The molecular weight excluding hydrogens is 442 g/mol. The van der Waals surface area contributed by atoms with E-state index < -0.39 is 5.97 Å². The van der Waals surface area contributed by atoms with Crippen LogP contribution < -0.4 is 14.4 Å². The van der Waals surface area contributed by atoms with Crippen LogP contribution in [-0.2, 0) is 20.8 Å². The van der Waals surface area contributed by atoms with E-state index in [1.807, 2.05) is 55.5 Å². The lowest BCUT2D eigenvalue weighted by Gasteiger charge is -2.36. The molecule has 6 nitrogen and oxygen atoms in total. The van der Waals surface area contributed by atoms with Gasteiger partial charge >= 0.3 is 5.97 Å². The van der Waals surface area contributed by atoms with Gasteiger partial charge in [0.15, 0.2) is 6.10 Å². The van der Waals surface area contributed by atoms with Gasteiger partial charge in [-0.3, -0.25) is 0 Å². The van der Waals surface area contributed by atoms with Gasteiger partial charge in [0.25, 0.3) is 0 Å². The number of nitrogens with zero attached hydrogens (tertiary/aromatic N) is 1. The molecule has 1 heterocycles. The number of fused-ring (bicyclic) bond motifs is 1. The summed E-state index contributed by atoms with van der Waals surface area (Å²) < 4.78 is 22.8. The lowest BCUT2D eigenvalue weighted by Crippen LogP contribution is -2.42. The average molecular weight is 474 g/mol. The number of carbonyl (C=O) groups excluding carboxylic acids is 1. The van der Waals surface area contributed by atoms with Crippen molar-refractivity contribution < 1.29 is 23.7 Å². The molecule has 1 aliphatic rings. The van der Waals surface area contributed by atoms with E-state index in [1.165, 1.54) is 5.56 Å². The van der Waals surface area contributed by atoms with Crippen molar-refractivity contribution in [3.63, 3.8) is 0 Å². The monoisotopic (exact) mass is 473 g/mol. The third-order valence-corrected chi connectivity index (χ3v) is 5.53. The van der Waals surface area contributed by atoms with E-state index in [-0.39, 0.29) is 11.9 Å². The highest BCUT2D eigenvalue weighted by atomic mass is 16.6. The Morgan fingerprint density at radius 2 is 1.66 bits per heavy atom. The fourth-order valence-corrected chi connectivity index (χ4v) is 3.94. The van der Waals surface area contributed by atoms with Crippen LogP contribution >= 0.6 is 0 Å². The van der Waals surface area contributed by atoms with Crippen molar-refractivity contribution in [2.75, 3.05) is 31.3 Å². The van der Waals surface area contributed by atoms with Crippen LogP contribution in [0.3, 0.4) is 0 Å². The lowest BCUT2D eigenvalue weighted by atomic mass is 10.1. The van der Waals surface area contributed by atoms with Crippen LogP contribution in [0.5, 0.6) is 11.5 Å². The second-order valence-corrected chi connectivity index (χ2v) is 8.12. The van der Waals surface area contributed by atoms with Crippen molar-refractivity contribution in [1.82, 2.24) is 0 Å². The molecule has 0 N–H and O–H groups in total. The van der Waals surface area contributed by atoms with E-state index in [9.17, 15) is 4.79 Å². The number of hydrogen-bond donors (Lipinski definition) is 0. The van der Waals surface area contributed by atoms with Crippen molar-refractivity contribution >= 4 is 17.7 Å². The van der Waals surface area contributed by atoms with Gasteiger partial charge in [-0.25, -0.2) is 4.79 Å². The Hall–Kier alpha value is -3.93.